The van der Waals surface area contributed by atoms with Gasteiger partial charge in [-0.1, -0.05) is 18.7 Å². The summed E-state index contributed by atoms with van der Waals surface area (Å²) in [5, 5.41) is 10.8. The first-order valence-corrected chi connectivity index (χ1v) is 11.2. The first-order chi connectivity index (χ1) is 13.4. The van der Waals surface area contributed by atoms with Crippen LogP contribution >= 0.6 is 23.1 Å². The highest BCUT2D eigenvalue weighted by molar-refractivity contribution is 7.99. The van der Waals surface area contributed by atoms with Crippen LogP contribution in [0.5, 0.6) is 0 Å². The SMILES string of the molecule is Cc1cc(C)c(C#N)c(SC(C)c2nc3sc4c(c3c(=O)[nH]2)CCC(C)C4)n1. The third-order valence-corrected chi connectivity index (χ3v) is 7.52. The number of pyridine rings is 1. The monoisotopic (exact) mass is 410 g/mol. The molecule has 0 bridgehead atoms. The van der Waals surface area contributed by atoms with Crippen LogP contribution in [0.1, 0.15) is 58.6 Å². The molecule has 0 aliphatic heterocycles. The van der Waals surface area contributed by atoms with Gasteiger partial charge in [-0.3, -0.25) is 4.79 Å². The normalized spacial score (nSPS) is 17.3. The number of hydrogen-bond donors (Lipinski definition) is 1. The number of hydrogen-bond acceptors (Lipinski definition) is 6. The largest absolute Gasteiger partial charge is 0.309 e. The molecule has 1 N–H and O–H groups in total. The second-order valence-electron chi connectivity index (χ2n) is 7.62. The number of H-pyrrole nitrogens is 1. The molecular weight excluding hydrogens is 388 g/mol. The maximum atomic E-state index is 12.8. The number of rotatable bonds is 3. The summed E-state index contributed by atoms with van der Waals surface area (Å²) in [7, 11) is 0. The molecule has 0 saturated heterocycles. The first-order valence-electron chi connectivity index (χ1n) is 9.46. The van der Waals surface area contributed by atoms with Crippen molar-refractivity contribution < 1.29 is 0 Å². The summed E-state index contributed by atoms with van der Waals surface area (Å²) in [6, 6.07) is 4.17. The van der Waals surface area contributed by atoms with Crippen molar-refractivity contribution in [2.24, 2.45) is 5.92 Å². The Morgan fingerprint density at radius 2 is 2.18 bits per heavy atom. The summed E-state index contributed by atoms with van der Waals surface area (Å²) in [5.41, 5.74) is 3.53. The topological polar surface area (TPSA) is 82.4 Å². The molecule has 28 heavy (non-hydrogen) atoms. The van der Waals surface area contributed by atoms with E-state index in [9.17, 15) is 10.1 Å². The van der Waals surface area contributed by atoms with E-state index in [2.05, 4.69) is 23.0 Å². The summed E-state index contributed by atoms with van der Waals surface area (Å²) < 4.78 is 0. The highest BCUT2D eigenvalue weighted by atomic mass is 32.2. The predicted molar refractivity (Wildman–Crippen MR) is 114 cm³/mol. The number of aryl methyl sites for hydroxylation is 3. The van der Waals surface area contributed by atoms with Gasteiger partial charge in [0.05, 0.1) is 16.2 Å². The number of nitrogens with one attached hydrogen (secondary N) is 1. The highest BCUT2D eigenvalue weighted by Gasteiger charge is 2.24. The molecule has 1 aliphatic rings. The maximum Gasteiger partial charge on any atom is 0.259 e. The minimum atomic E-state index is -0.115. The number of thioether (sulfide) groups is 1. The van der Waals surface area contributed by atoms with Gasteiger partial charge in [0, 0.05) is 10.6 Å². The molecule has 2 unspecified atom stereocenters. The molecule has 3 aromatic heterocycles. The Morgan fingerprint density at radius 1 is 1.39 bits per heavy atom. The molecule has 5 nitrogen and oxygen atoms in total. The van der Waals surface area contributed by atoms with Crippen LogP contribution < -0.4 is 5.56 Å². The van der Waals surface area contributed by atoms with E-state index in [4.69, 9.17) is 4.98 Å². The van der Waals surface area contributed by atoms with Crippen molar-refractivity contribution in [1.82, 2.24) is 15.0 Å². The Morgan fingerprint density at radius 3 is 2.93 bits per heavy atom. The van der Waals surface area contributed by atoms with Crippen molar-refractivity contribution in [3.63, 3.8) is 0 Å². The van der Waals surface area contributed by atoms with Crippen LogP contribution in [0.25, 0.3) is 10.2 Å². The van der Waals surface area contributed by atoms with Gasteiger partial charge in [-0.05, 0) is 63.1 Å². The second-order valence-corrected chi connectivity index (χ2v) is 10.0. The number of nitrogens with zero attached hydrogens (tertiary/aromatic N) is 3. The van der Waals surface area contributed by atoms with Crippen molar-refractivity contribution in [1.29, 1.82) is 5.26 Å². The van der Waals surface area contributed by atoms with Crippen molar-refractivity contribution >= 4 is 33.3 Å². The van der Waals surface area contributed by atoms with Gasteiger partial charge < -0.3 is 4.98 Å². The number of aromatic nitrogens is 3. The molecule has 1 aliphatic carbocycles. The standard InChI is InChI=1S/C21H22N4OS2/c1-10-5-6-14-16(7-10)28-21-17(14)19(26)24-18(25-21)13(4)27-20-15(9-22)11(2)8-12(3)23-20/h8,10,13H,5-7H2,1-4H3,(H,24,25,26). The molecule has 3 aromatic rings. The van der Waals surface area contributed by atoms with Crippen molar-refractivity contribution in [3.05, 3.63) is 49.5 Å². The predicted octanol–water partition coefficient (Wildman–Crippen LogP) is 4.85. The zero-order valence-corrected chi connectivity index (χ0v) is 18.1. The zero-order chi connectivity index (χ0) is 20.0. The Hall–Kier alpha value is -2.17. The van der Waals surface area contributed by atoms with E-state index in [1.165, 1.54) is 22.2 Å². The number of thiophene rings is 1. The smallest absolute Gasteiger partial charge is 0.259 e. The van der Waals surface area contributed by atoms with Crippen LogP contribution in [0.15, 0.2) is 15.9 Å². The lowest BCUT2D eigenvalue weighted by Gasteiger charge is -2.17. The molecule has 0 radical (unpaired) electrons. The molecule has 0 spiro atoms. The van der Waals surface area contributed by atoms with Gasteiger partial charge in [-0.2, -0.15) is 5.26 Å². The van der Waals surface area contributed by atoms with Gasteiger partial charge in [0.1, 0.15) is 21.7 Å². The van der Waals surface area contributed by atoms with Gasteiger partial charge in [0.25, 0.3) is 5.56 Å². The van der Waals surface area contributed by atoms with E-state index in [-0.39, 0.29) is 10.8 Å². The minimum absolute atomic E-state index is 0.0478. The molecular formula is C21H22N4OS2. The quantitative estimate of drug-likeness (QED) is 0.624. The zero-order valence-electron chi connectivity index (χ0n) is 16.4. The fraction of sp³-hybridized carbons (Fsp3) is 0.429. The Balaban J connectivity index is 1.72. The Kier molecular flexibility index (Phi) is 5.02. The fourth-order valence-corrected chi connectivity index (χ4v) is 6.27. The van der Waals surface area contributed by atoms with Crippen LogP contribution in [-0.4, -0.2) is 15.0 Å². The first kappa shape index (κ1) is 19.2. The van der Waals surface area contributed by atoms with Crippen LogP contribution in [-0.2, 0) is 12.8 Å². The summed E-state index contributed by atoms with van der Waals surface area (Å²) in [5.74, 6) is 1.30. The summed E-state index contributed by atoms with van der Waals surface area (Å²) in [6.07, 6.45) is 3.12. The van der Waals surface area contributed by atoms with Gasteiger partial charge in [-0.25, -0.2) is 9.97 Å². The Bertz CT molecular complexity index is 1170. The molecule has 0 saturated carbocycles. The average molecular weight is 411 g/mol. The van der Waals surface area contributed by atoms with E-state index in [0.717, 1.165) is 40.7 Å². The third kappa shape index (κ3) is 3.36. The molecule has 7 heteroatoms. The number of aromatic amines is 1. The van der Waals surface area contributed by atoms with E-state index in [0.29, 0.717) is 22.3 Å². The van der Waals surface area contributed by atoms with Crippen molar-refractivity contribution in [2.75, 3.05) is 0 Å². The number of fused-ring (bicyclic) bond motifs is 3. The van der Waals surface area contributed by atoms with Gasteiger partial charge in [0.2, 0.25) is 0 Å². The molecule has 2 atom stereocenters. The van der Waals surface area contributed by atoms with Crippen LogP contribution in [0, 0.1) is 31.1 Å². The summed E-state index contributed by atoms with van der Waals surface area (Å²) in [4.78, 5) is 27.3. The summed E-state index contributed by atoms with van der Waals surface area (Å²) in [6.45, 7) is 8.10. The third-order valence-electron chi connectivity index (χ3n) is 5.28. The molecule has 3 heterocycles. The van der Waals surface area contributed by atoms with E-state index >= 15 is 0 Å². The van der Waals surface area contributed by atoms with E-state index in [1.807, 2.05) is 26.8 Å². The van der Waals surface area contributed by atoms with Crippen molar-refractivity contribution in [3.8, 4) is 6.07 Å². The van der Waals surface area contributed by atoms with Crippen molar-refractivity contribution in [2.45, 2.75) is 57.2 Å². The fourth-order valence-electron chi connectivity index (χ4n) is 3.81. The lowest BCUT2D eigenvalue weighted by atomic mass is 9.89. The maximum absolute atomic E-state index is 12.8. The van der Waals surface area contributed by atoms with Gasteiger partial charge in [-0.15, -0.1) is 11.3 Å². The summed E-state index contributed by atoms with van der Waals surface area (Å²) >= 11 is 3.13. The molecule has 4 rings (SSSR count). The Labute approximate surface area is 172 Å². The van der Waals surface area contributed by atoms with Gasteiger partial charge in [0.15, 0.2) is 0 Å². The van der Waals surface area contributed by atoms with Gasteiger partial charge >= 0.3 is 0 Å². The average Bonchev–Trinajstić information content (AvgIpc) is 2.99. The van der Waals surface area contributed by atoms with Crippen LogP contribution in [0.4, 0.5) is 0 Å². The van der Waals surface area contributed by atoms with E-state index in [1.54, 1.807) is 11.3 Å². The van der Waals surface area contributed by atoms with Crippen LogP contribution in [0.3, 0.4) is 0 Å². The lowest BCUT2D eigenvalue weighted by molar-refractivity contribution is 0.509. The second kappa shape index (κ2) is 7.34. The minimum Gasteiger partial charge on any atom is -0.309 e. The molecule has 0 aromatic carbocycles. The van der Waals surface area contributed by atoms with E-state index < -0.39 is 0 Å². The lowest BCUT2D eigenvalue weighted by Crippen LogP contribution is -2.15. The molecule has 0 fully saturated rings. The number of nitriles is 1. The molecule has 0 amide bonds. The molecule has 144 valence electrons. The van der Waals surface area contributed by atoms with Crippen LogP contribution in [0.2, 0.25) is 0 Å². The highest BCUT2D eigenvalue weighted by Crippen LogP contribution is 2.38.